The molecule has 42 heavy (non-hydrogen) atoms. The van der Waals surface area contributed by atoms with Crippen LogP contribution in [0.5, 0.6) is 0 Å². The molecule has 2 aliphatic carbocycles. The Morgan fingerprint density at radius 2 is 0.952 bits per heavy atom. The Morgan fingerprint density at radius 3 is 1.26 bits per heavy atom. The Labute approximate surface area is 248 Å². The Kier molecular flexibility index (Phi) is 14.9. The Morgan fingerprint density at radius 1 is 0.571 bits per heavy atom. The van der Waals surface area contributed by atoms with Crippen molar-refractivity contribution in [1.29, 1.82) is 31.6 Å². The zero-order valence-corrected chi connectivity index (χ0v) is 23.9. The molecule has 0 spiro atoms. The first kappa shape index (κ1) is 33.5. The van der Waals surface area contributed by atoms with E-state index in [4.69, 9.17) is 11.5 Å². The van der Waals surface area contributed by atoms with Gasteiger partial charge in [0.15, 0.2) is 0 Å². The molecule has 12 heteroatoms. The van der Waals surface area contributed by atoms with E-state index in [0.29, 0.717) is 87.2 Å². The first-order valence-corrected chi connectivity index (χ1v) is 14.2. The maximum atomic E-state index is 9.80. The first-order chi connectivity index (χ1) is 20.5. The fraction of sp³-hybridized carbons (Fsp3) is 0.533. The molecule has 0 bridgehead atoms. The van der Waals surface area contributed by atoms with Crippen molar-refractivity contribution in [1.82, 2.24) is 21.3 Å². The van der Waals surface area contributed by atoms with Gasteiger partial charge in [-0.15, -0.1) is 0 Å². The van der Waals surface area contributed by atoms with E-state index in [9.17, 15) is 31.6 Å². The SMILES string of the molecule is N#CC(C#N)=C1CC(NCCN)CC(NCCCCCCNC2=C(C#N)C(=C(C#N)C#N)CC(NCCN)C2)=C1C#N. The molecule has 0 saturated carbocycles. The molecule has 8 N–H and O–H groups in total. The van der Waals surface area contributed by atoms with Gasteiger partial charge < -0.3 is 32.7 Å². The van der Waals surface area contributed by atoms with Crippen LogP contribution in [-0.4, -0.2) is 51.4 Å². The van der Waals surface area contributed by atoms with Crippen LogP contribution in [-0.2, 0) is 0 Å². The number of nitrogens with one attached hydrogen (secondary N) is 4. The van der Waals surface area contributed by atoms with Crippen molar-refractivity contribution in [2.75, 3.05) is 39.3 Å². The highest BCUT2D eigenvalue weighted by molar-refractivity contribution is 5.58. The molecule has 12 nitrogen and oxygen atoms in total. The van der Waals surface area contributed by atoms with Crippen LogP contribution in [0, 0.1) is 68.0 Å². The zero-order chi connectivity index (χ0) is 30.7. The zero-order valence-electron chi connectivity index (χ0n) is 23.9. The summed E-state index contributed by atoms with van der Waals surface area (Å²) < 4.78 is 0. The van der Waals surface area contributed by atoms with Gasteiger partial charge in [-0.2, -0.15) is 31.6 Å². The Bertz CT molecular complexity index is 1200. The van der Waals surface area contributed by atoms with Gasteiger partial charge in [0.1, 0.15) is 47.6 Å². The van der Waals surface area contributed by atoms with E-state index in [-0.39, 0.29) is 23.2 Å². The lowest BCUT2D eigenvalue weighted by atomic mass is 9.85. The lowest BCUT2D eigenvalue weighted by molar-refractivity contribution is 0.476. The number of nitrogens with two attached hydrogens (primary N) is 2. The van der Waals surface area contributed by atoms with E-state index in [2.05, 4.69) is 33.4 Å². The van der Waals surface area contributed by atoms with Gasteiger partial charge in [-0.1, -0.05) is 12.8 Å². The number of hydrogen-bond acceptors (Lipinski definition) is 12. The molecule has 0 aromatic heterocycles. The van der Waals surface area contributed by atoms with E-state index in [0.717, 1.165) is 37.1 Å². The van der Waals surface area contributed by atoms with Crippen LogP contribution in [0.15, 0.2) is 44.8 Å². The number of hydrogen-bond donors (Lipinski definition) is 6. The average molecular weight is 567 g/mol. The molecular weight excluding hydrogens is 528 g/mol. The molecule has 218 valence electrons. The summed E-state index contributed by atoms with van der Waals surface area (Å²) in [5, 5.41) is 70.6. The smallest absolute Gasteiger partial charge is 0.134 e. The fourth-order valence-electron chi connectivity index (χ4n) is 5.21. The summed E-state index contributed by atoms with van der Waals surface area (Å²) in [6.07, 6.45) is 5.64. The van der Waals surface area contributed by atoms with Crippen LogP contribution >= 0.6 is 0 Å². The molecule has 0 aliphatic heterocycles. The van der Waals surface area contributed by atoms with Gasteiger partial charge in [0.05, 0.1) is 11.1 Å². The second kappa shape index (κ2) is 18.6. The minimum Gasteiger partial charge on any atom is -0.387 e. The van der Waals surface area contributed by atoms with Crippen LogP contribution in [0.3, 0.4) is 0 Å². The van der Waals surface area contributed by atoms with Crippen LogP contribution < -0.4 is 32.7 Å². The standard InChI is InChI=1S/C30H38N12/c31-5-9-39-23-11-25(21(15-33)16-34)27(19-37)29(13-23)41-7-3-1-2-4-8-42-30-14-24(40-10-6-32)12-26(28(30)20-38)22(17-35)18-36/h23-24,39-42H,1-14,31-32H2. The summed E-state index contributed by atoms with van der Waals surface area (Å²) in [4.78, 5) is 0. The molecule has 2 aliphatic rings. The highest BCUT2D eigenvalue weighted by atomic mass is 15.0. The quantitative estimate of drug-likeness (QED) is 0.122. The van der Waals surface area contributed by atoms with Gasteiger partial charge in [0.25, 0.3) is 0 Å². The number of rotatable bonds is 15. The first-order valence-electron chi connectivity index (χ1n) is 14.2. The van der Waals surface area contributed by atoms with Crippen LogP contribution in [0.4, 0.5) is 0 Å². The molecular formula is C30H38N12. The van der Waals surface area contributed by atoms with Crippen molar-refractivity contribution in [3.8, 4) is 36.4 Å². The van der Waals surface area contributed by atoms with Gasteiger partial charge in [-0.25, -0.2) is 0 Å². The lowest BCUT2D eigenvalue weighted by Gasteiger charge is -2.28. The predicted octanol–water partition coefficient (Wildman–Crippen LogP) is 1.39. The lowest BCUT2D eigenvalue weighted by Crippen LogP contribution is -2.38. The molecule has 2 rings (SSSR count). The minimum absolute atomic E-state index is 0.0174. The normalized spacial score (nSPS) is 18.1. The van der Waals surface area contributed by atoms with Crippen molar-refractivity contribution < 1.29 is 0 Å². The summed E-state index contributed by atoms with van der Waals surface area (Å²) >= 11 is 0. The second-order valence-corrected chi connectivity index (χ2v) is 10.0. The molecule has 0 amide bonds. The fourth-order valence-corrected chi connectivity index (χ4v) is 5.21. The minimum atomic E-state index is -0.0363. The maximum Gasteiger partial charge on any atom is 0.134 e. The van der Waals surface area contributed by atoms with E-state index in [1.54, 1.807) is 0 Å². The molecule has 2 unspecified atom stereocenters. The van der Waals surface area contributed by atoms with Crippen LogP contribution in [0.2, 0.25) is 0 Å². The largest absolute Gasteiger partial charge is 0.387 e. The Balaban J connectivity index is 1.94. The van der Waals surface area contributed by atoms with E-state index in [1.165, 1.54) is 0 Å². The monoisotopic (exact) mass is 566 g/mol. The number of nitrogens with zero attached hydrogens (tertiary/aromatic N) is 6. The summed E-state index contributed by atoms with van der Waals surface area (Å²) in [5.74, 6) is 0. The van der Waals surface area contributed by atoms with Crippen molar-refractivity contribution >= 4 is 0 Å². The third kappa shape index (κ3) is 9.47. The van der Waals surface area contributed by atoms with Crippen molar-refractivity contribution in [3.05, 3.63) is 44.8 Å². The molecule has 0 aromatic rings. The summed E-state index contributed by atoms with van der Waals surface area (Å²) in [6, 6.07) is 12.0. The summed E-state index contributed by atoms with van der Waals surface area (Å²) in [7, 11) is 0. The average Bonchev–Trinajstić information content (AvgIpc) is 3.01. The van der Waals surface area contributed by atoms with E-state index < -0.39 is 0 Å². The molecule has 0 aromatic carbocycles. The second-order valence-electron chi connectivity index (χ2n) is 10.0. The number of unbranched alkanes of at least 4 members (excludes halogenated alkanes) is 3. The predicted molar refractivity (Wildman–Crippen MR) is 156 cm³/mol. The molecule has 0 heterocycles. The maximum absolute atomic E-state index is 9.80. The van der Waals surface area contributed by atoms with E-state index >= 15 is 0 Å². The third-order valence-electron chi connectivity index (χ3n) is 7.22. The van der Waals surface area contributed by atoms with Gasteiger partial charge in [-0.05, 0) is 25.7 Å². The Hall–Kier alpha value is -4.66. The van der Waals surface area contributed by atoms with Gasteiger partial charge in [-0.3, -0.25) is 0 Å². The topological polar surface area (TPSA) is 243 Å². The number of allylic oxidation sites excluding steroid dienone is 4. The molecule has 0 saturated heterocycles. The third-order valence-corrected chi connectivity index (χ3v) is 7.22. The summed E-state index contributed by atoms with van der Waals surface area (Å²) in [6.45, 7) is 3.43. The van der Waals surface area contributed by atoms with Crippen molar-refractivity contribution in [2.24, 2.45) is 11.5 Å². The highest BCUT2D eigenvalue weighted by Gasteiger charge is 2.28. The van der Waals surface area contributed by atoms with E-state index in [1.807, 2.05) is 24.3 Å². The van der Waals surface area contributed by atoms with Crippen molar-refractivity contribution in [2.45, 2.75) is 63.5 Å². The molecule has 2 atom stereocenters. The van der Waals surface area contributed by atoms with Gasteiger partial charge >= 0.3 is 0 Å². The molecule has 0 fully saturated rings. The summed E-state index contributed by atoms with van der Waals surface area (Å²) in [5.41, 5.74) is 14.4. The van der Waals surface area contributed by atoms with Gasteiger partial charge in [0.2, 0.25) is 0 Å². The van der Waals surface area contributed by atoms with Crippen molar-refractivity contribution in [3.63, 3.8) is 0 Å². The van der Waals surface area contributed by atoms with Crippen LogP contribution in [0.25, 0.3) is 0 Å². The molecule has 0 radical (unpaired) electrons. The number of nitriles is 6. The highest BCUT2D eigenvalue weighted by Crippen LogP contribution is 2.32. The van der Waals surface area contributed by atoms with Gasteiger partial charge in [0, 0.05) is 86.7 Å². The van der Waals surface area contributed by atoms with Crippen LogP contribution in [0.1, 0.15) is 51.4 Å².